The van der Waals surface area contributed by atoms with Crippen LogP contribution in [0.25, 0.3) is 0 Å². The second-order valence-corrected chi connectivity index (χ2v) is 2.43. The Hall–Kier alpha value is 0.350. The molecule has 0 saturated carbocycles. The van der Waals surface area contributed by atoms with Crippen LogP contribution in [0.15, 0.2) is 0 Å². The van der Waals surface area contributed by atoms with E-state index < -0.39 is 0 Å². The summed E-state index contributed by atoms with van der Waals surface area (Å²) < 4.78 is 5.04. The fourth-order valence-corrected chi connectivity index (χ4v) is 1.16. The maximum atomic E-state index is 5.70. The summed E-state index contributed by atoms with van der Waals surface area (Å²) in [6, 6.07) is 0.187. The Balaban J connectivity index is 3.50. The molecule has 3 atom stereocenters. The molecule has 2 N–H and O–H groups in total. The molecule has 2 unspecified atom stereocenters. The molecule has 0 bridgehead atoms. The molecule has 0 radical (unpaired) electrons. The summed E-state index contributed by atoms with van der Waals surface area (Å²) in [6.07, 6.45) is 2.17. The topological polar surface area (TPSA) is 35.2 Å². The molecule has 0 aliphatic carbocycles. The molecule has 0 aromatic carbocycles. The maximum absolute atomic E-state index is 5.70. The zero-order chi connectivity index (χ0) is 7.28. The van der Waals surface area contributed by atoms with Crippen LogP contribution in [-0.4, -0.2) is 12.1 Å². The summed E-state index contributed by atoms with van der Waals surface area (Å²) in [7, 11) is 2.26. The SMILES string of the molecule is CCC(OP)[C@@H](N)CC. The van der Waals surface area contributed by atoms with Crippen LogP contribution in [0.3, 0.4) is 0 Å². The van der Waals surface area contributed by atoms with Crippen molar-refractivity contribution < 1.29 is 4.52 Å². The van der Waals surface area contributed by atoms with Crippen molar-refractivity contribution in [1.29, 1.82) is 0 Å². The summed E-state index contributed by atoms with van der Waals surface area (Å²) >= 11 is 0. The first-order valence-electron chi connectivity index (χ1n) is 3.37. The molecular weight excluding hydrogens is 133 g/mol. The smallest absolute Gasteiger partial charge is 0.0758 e. The highest BCUT2D eigenvalue weighted by molar-refractivity contribution is 7.09. The van der Waals surface area contributed by atoms with Gasteiger partial charge in [0.2, 0.25) is 0 Å². The van der Waals surface area contributed by atoms with Gasteiger partial charge in [0.05, 0.1) is 6.10 Å². The Kier molecular flexibility index (Phi) is 5.36. The molecule has 0 saturated heterocycles. The van der Waals surface area contributed by atoms with E-state index >= 15 is 0 Å². The zero-order valence-electron chi connectivity index (χ0n) is 6.13. The van der Waals surface area contributed by atoms with Gasteiger partial charge >= 0.3 is 0 Å². The van der Waals surface area contributed by atoms with E-state index in [1.165, 1.54) is 0 Å². The molecule has 0 fully saturated rings. The van der Waals surface area contributed by atoms with Gasteiger partial charge in [0.25, 0.3) is 0 Å². The Morgan fingerprint density at radius 2 is 2.00 bits per heavy atom. The third-order valence-corrected chi connectivity index (χ3v) is 1.88. The summed E-state index contributed by atoms with van der Waals surface area (Å²) in [6.45, 7) is 4.14. The average molecular weight is 149 g/mol. The second-order valence-electron chi connectivity index (χ2n) is 2.15. The van der Waals surface area contributed by atoms with Crippen LogP contribution in [0.5, 0.6) is 0 Å². The fourth-order valence-electron chi connectivity index (χ4n) is 0.763. The van der Waals surface area contributed by atoms with Crippen molar-refractivity contribution in [2.45, 2.75) is 38.8 Å². The van der Waals surface area contributed by atoms with E-state index in [0.717, 1.165) is 12.8 Å². The molecule has 0 spiro atoms. The molecule has 0 aromatic heterocycles. The standard InChI is InChI=1S/C6H16NOP/c1-3-5(7)6(4-2)8-9/h5-6H,3-4,7,9H2,1-2H3/t5-,6?/m0/s1. The van der Waals surface area contributed by atoms with Gasteiger partial charge in [0.1, 0.15) is 0 Å². The minimum atomic E-state index is 0.187. The van der Waals surface area contributed by atoms with Gasteiger partial charge in [-0.1, -0.05) is 13.8 Å². The van der Waals surface area contributed by atoms with Crippen LogP contribution >= 0.6 is 9.47 Å². The first kappa shape index (κ1) is 9.35. The molecule has 9 heavy (non-hydrogen) atoms. The van der Waals surface area contributed by atoms with E-state index in [2.05, 4.69) is 23.3 Å². The first-order valence-corrected chi connectivity index (χ1v) is 3.84. The van der Waals surface area contributed by atoms with Crippen molar-refractivity contribution >= 4 is 9.47 Å². The molecule has 56 valence electrons. The normalized spacial score (nSPS) is 17.3. The molecule has 2 nitrogen and oxygen atoms in total. The molecular formula is C6H16NOP. The number of nitrogens with two attached hydrogens (primary N) is 1. The maximum Gasteiger partial charge on any atom is 0.0758 e. The largest absolute Gasteiger partial charge is 0.361 e. The lowest BCUT2D eigenvalue weighted by Gasteiger charge is -2.18. The van der Waals surface area contributed by atoms with Gasteiger partial charge in [-0.05, 0) is 12.8 Å². The van der Waals surface area contributed by atoms with E-state index in [4.69, 9.17) is 10.3 Å². The summed E-state index contributed by atoms with van der Waals surface area (Å²) in [5, 5.41) is 0. The van der Waals surface area contributed by atoms with E-state index in [-0.39, 0.29) is 12.1 Å². The molecule has 0 rings (SSSR count). The van der Waals surface area contributed by atoms with Crippen molar-refractivity contribution in [3.05, 3.63) is 0 Å². The number of hydrogen-bond acceptors (Lipinski definition) is 2. The molecule has 0 aromatic rings. The van der Waals surface area contributed by atoms with Crippen LogP contribution in [0.4, 0.5) is 0 Å². The predicted molar refractivity (Wildman–Crippen MR) is 43.1 cm³/mol. The minimum Gasteiger partial charge on any atom is -0.361 e. The van der Waals surface area contributed by atoms with E-state index in [9.17, 15) is 0 Å². The van der Waals surface area contributed by atoms with Gasteiger partial charge in [-0.2, -0.15) is 0 Å². The quantitative estimate of drug-likeness (QED) is 0.611. The third-order valence-electron chi connectivity index (χ3n) is 1.53. The number of hydrogen-bond donors (Lipinski definition) is 1. The van der Waals surface area contributed by atoms with Crippen LogP contribution in [-0.2, 0) is 4.52 Å². The monoisotopic (exact) mass is 149 g/mol. The second kappa shape index (κ2) is 5.16. The van der Waals surface area contributed by atoms with Crippen LogP contribution in [0.1, 0.15) is 26.7 Å². The molecule has 0 amide bonds. The van der Waals surface area contributed by atoms with Crippen LogP contribution in [0, 0.1) is 0 Å². The highest BCUT2D eigenvalue weighted by Gasteiger charge is 2.11. The Morgan fingerprint density at radius 3 is 2.11 bits per heavy atom. The summed E-state index contributed by atoms with van der Waals surface area (Å²) in [4.78, 5) is 0. The van der Waals surface area contributed by atoms with Crippen molar-refractivity contribution in [3.63, 3.8) is 0 Å². The van der Waals surface area contributed by atoms with Gasteiger partial charge in [-0.3, -0.25) is 0 Å². The first-order chi connectivity index (χ1) is 4.26. The highest BCUT2D eigenvalue weighted by atomic mass is 31.0. The molecule has 0 aliphatic rings. The Bertz CT molecular complexity index is 66.1. The van der Waals surface area contributed by atoms with Crippen molar-refractivity contribution in [2.75, 3.05) is 0 Å². The van der Waals surface area contributed by atoms with Crippen molar-refractivity contribution in [2.24, 2.45) is 5.73 Å². The van der Waals surface area contributed by atoms with Gasteiger partial charge in [-0.25, -0.2) is 0 Å². The van der Waals surface area contributed by atoms with E-state index in [1.54, 1.807) is 0 Å². The Labute approximate surface area is 59.4 Å². The summed E-state index contributed by atoms with van der Waals surface area (Å²) in [5.41, 5.74) is 5.70. The summed E-state index contributed by atoms with van der Waals surface area (Å²) in [5.74, 6) is 0. The van der Waals surface area contributed by atoms with Crippen molar-refractivity contribution in [1.82, 2.24) is 0 Å². The van der Waals surface area contributed by atoms with Gasteiger partial charge in [0, 0.05) is 15.5 Å². The molecule has 3 heteroatoms. The van der Waals surface area contributed by atoms with E-state index in [1.807, 2.05) is 0 Å². The Morgan fingerprint density at radius 1 is 1.44 bits per heavy atom. The third kappa shape index (κ3) is 3.14. The highest BCUT2D eigenvalue weighted by Crippen LogP contribution is 2.08. The average Bonchev–Trinajstić information content (AvgIpc) is 1.90. The predicted octanol–water partition coefficient (Wildman–Crippen LogP) is 1.31. The van der Waals surface area contributed by atoms with Crippen LogP contribution < -0.4 is 5.73 Å². The van der Waals surface area contributed by atoms with Gasteiger partial charge in [0.15, 0.2) is 0 Å². The molecule has 0 aliphatic heterocycles. The van der Waals surface area contributed by atoms with Gasteiger partial charge in [-0.15, -0.1) is 0 Å². The zero-order valence-corrected chi connectivity index (χ0v) is 7.29. The van der Waals surface area contributed by atoms with Crippen LogP contribution in [0.2, 0.25) is 0 Å². The lowest BCUT2D eigenvalue weighted by molar-refractivity contribution is 0.195. The lowest BCUT2D eigenvalue weighted by Crippen LogP contribution is -2.33. The molecule has 0 heterocycles. The minimum absolute atomic E-state index is 0.187. The van der Waals surface area contributed by atoms with Crippen molar-refractivity contribution in [3.8, 4) is 0 Å². The fraction of sp³-hybridized carbons (Fsp3) is 1.00. The lowest BCUT2D eigenvalue weighted by atomic mass is 10.1. The van der Waals surface area contributed by atoms with E-state index in [0.29, 0.717) is 0 Å². The van der Waals surface area contributed by atoms with Gasteiger partial charge < -0.3 is 10.3 Å². The number of rotatable bonds is 4.